The summed E-state index contributed by atoms with van der Waals surface area (Å²) in [5, 5.41) is 2.81. The molecule has 0 aliphatic carbocycles. The van der Waals surface area contributed by atoms with E-state index in [9.17, 15) is 8.78 Å². The standard InChI is InChI=1S/C14H21F2N3O/c1-3-17-13-11(15)7-12(16)14(18-13)19-6-4-5-10(8-19)9-20-2/h7,10H,3-6,8-9H2,1-2H3,(H,17,18). The molecule has 1 aliphatic rings. The van der Waals surface area contributed by atoms with Gasteiger partial charge in [0.1, 0.15) is 0 Å². The summed E-state index contributed by atoms with van der Waals surface area (Å²) in [6.07, 6.45) is 2.02. The zero-order valence-corrected chi connectivity index (χ0v) is 12.0. The van der Waals surface area contributed by atoms with Gasteiger partial charge in [0.2, 0.25) is 0 Å². The van der Waals surface area contributed by atoms with Gasteiger partial charge in [0.25, 0.3) is 0 Å². The topological polar surface area (TPSA) is 37.4 Å². The third kappa shape index (κ3) is 3.36. The van der Waals surface area contributed by atoms with Crippen LogP contribution in [0.25, 0.3) is 0 Å². The first kappa shape index (κ1) is 15.0. The molecule has 2 rings (SSSR count). The number of hydrogen-bond donors (Lipinski definition) is 1. The van der Waals surface area contributed by atoms with Gasteiger partial charge in [0.05, 0.1) is 6.61 Å². The Bertz CT molecular complexity index is 454. The second-order valence-electron chi connectivity index (χ2n) is 5.06. The Hall–Kier alpha value is -1.43. The third-order valence-corrected chi connectivity index (χ3v) is 3.48. The molecule has 2 heterocycles. The lowest BCUT2D eigenvalue weighted by atomic mass is 9.99. The number of hydrogen-bond acceptors (Lipinski definition) is 4. The fraction of sp³-hybridized carbons (Fsp3) is 0.643. The van der Waals surface area contributed by atoms with Crippen LogP contribution in [0.5, 0.6) is 0 Å². The third-order valence-electron chi connectivity index (χ3n) is 3.48. The van der Waals surface area contributed by atoms with E-state index < -0.39 is 11.6 Å². The zero-order chi connectivity index (χ0) is 14.5. The van der Waals surface area contributed by atoms with Crippen molar-refractivity contribution in [1.82, 2.24) is 4.98 Å². The summed E-state index contributed by atoms with van der Waals surface area (Å²) < 4.78 is 32.7. The maximum absolute atomic E-state index is 14.0. The van der Waals surface area contributed by atoms with Crippen LogP contribution in [0.15, 0.2) is 6.07 Å². The van der Waals surface area contributed by atoms with Crippen LogP contribution in [-0.2, 0) is 4.74 Å². The highest BCUT2D eigenvalue weighted by Crippen LogP contribution is 2.27. The quantitative estimate of drug-likeness (QED) is 0.902. The van der Waals surface area contributed by atoms with Gasteiger partial charge in [-0.05, 0) is 25.7 Å². The van der Waals surface area contributed by atoms with E-state index >= 15 is 0 Å². The summed E-state index contributed by atoms with van der Waals surface area (Å²) in [5.74, 6) is -0.565. The first-order chi connectivity index (χ1) is 9.65. The molecule has 0 bridgehead atoms. The molecule has 4 nitrogen and oxygen atoms in total. The van der Waals surface area contributed by atoms with E-state index in [0.29, 0.717) is 25.6 Å². The van der Waals surface area contributed by atoms with E-state index in [1.165, 1.54) is 0 Å². The molecule has 0 radical (unpaired) electrons. The fourth-order valence-electron chi connectivity index (χ4n) is 2.60. The fourth-order valence-corrected chi connectivity index (χ4v) is 2.60. The highest BCUT2D eigenvalue weighted by atomic mass is 19.1. The van der Waals surface area contributed by atoms with Gasteiger partial charge < -0.3 is 15.0 Å². The average Bonchev–Trinajstić information content (AvgIpc) is 2.43. The van der Waals surface area contributed by atoms with Crippen LogP contribution in [0.2, 0.25) is 0 Å². The van der Waals surface area contributed by atoms with Crippen LogP contribution in [-0.4, -0.2) is 38.3 Å². The van der Waals surface area contributed by atoms with E-state index in [1.807, 2.05) is 11.8 Å². The minimum absolute atomic E-state index is 0.109. The lowest BCUT2D eigenvalue weighted by Gasteiger charge is -2.33. The Balaban J connectivity index is 2.20. The average molecular weight is 285 g/mol. The maximum Gasteiger partial charge on any atom is 0.168 e. The number of ether oxygens (including phenoxy) is 1. The number of piperidine rings is 1. The van der Waals surface area contributed by atoms with Gasteiger partial charge in [-0.15, -0.1) is 0 Å². The van der Waals surface area contributed by atoms with Crippen molar-refractivity contribution in [2.24, 2.45) is 5.92 Å². The molecule has 1 unspecified atom stereocenters. The number of pyridine rings is 1. The number of aromatic nitrogens is 1. The van der Waals surface area contributed by atoms with Gasteiger partial charge in [0.15, 0.2) is 23.3 Å². The molecule has 0 spiro atoms. The molecule has 1 aromatic heterocycles. The molecular formula is C14H21F2N3O. The second-order valence-corrected chi connectivity index (χ2v) is 5.06. The minimum atomic E-state index is -0.654. The predicted molar refractivity (Wildman–Crippen MR) is 75.1 cm³/mol. The predicted octanol–water partition coefficient (Wildman–Crippen LogP) is 2.65. The van der Waals surface area contributed by atoms with Crippen molar-refractivity contribution < 1.29 is 13.5 Å². The number of halogens is 2. The number of anilines is 2. The van der Waals surface area contributed by atoms with Gasteiger partial charge in [-0.3, -0.25) is 0 Å². The van der Waals surface area contributed by atoms with Crippen molar-refractivity contribution in [3.63, 3.8) is 0 Å². The van der Waals surface area contributed by atoms with Crippen molar-refractivity contribution in [3.8, 4) is 0 Å². The second kappa shape index (κ2) is 6.83. The van der Waals surface area contributed by atoms with E-state index in [0.717, 1.165) is 25.5 Å². The number of nitrogens with one attached hydrogen (secondary N) is 1. The first-order valence-electron chi connectivity index (χ1n) is 6.99. The van der Waals surface area contributed by atoms with Gasteiger partial charge in [-0.2, -0.15) is 0 Å². The van der Waals surface area contributed by atoms with E-state index in [4.69, 9.17) is 4.74 Å². The molecule has 1 aromatic rings. The first-order valence-corrected chi connectivity index (χ1v) is 6.99. The largest absolute Gasteiger partial charge is 0.384 e. The van der Waals surface area contributed by atoms with Crippen molar-refractivity contribution >= 4 is 11.6 Å². The van der Waals surface area contributed by atoms with Crippen molar-refractivity contribution in [2.75, 3.05) is 43.6 Å². The summed E-state index contributed by atoms with van der Waals surface area (Å²) in [6.45, 7) is 4.47. The Kier molecular flexibility index (Phi) is 5.11. The van der Waals surface area contributed by atoms with Crippen molar-refractivity contribution in [3.05, 3.63) is 17.7 Å². The van der Waals surface area contributed by atoms with E-state index in [2.05, 4.69) is 10.3 Å². The van der Waals surface area contributed by atoms with Crippen LogP contribution >= 0.6 is 0 Å². The smallest absolute Gasteiger partial charge is 0.168 e. The highest BCUT2D eigenvalue weighted by Gasteiger charge is 2.24. The minimum Gasteiger partial charge on any atom is -0.384 e. The van der Waals surface area contributed by atoms with Gasteiger partial charge >= 0.3 is 0 Å². The van der Waals surface area contributed by atoms with E-state index in [-0.39, 0.29) is 11.6 Å². The van der Waals surface area contributed by atoms with Crippen LogP contribution in [0.3, 0.4) is 0 Å². The molecule has 1 fully saturated rings. The van der Waals surface area contributed by atoms with E-state index in [1.54, 1.807) is 7.11 Å². The summed E-state index contributed by atoms with van der Waals surface area (Å²) in [5.41, 5.74) is 0. The van der Waals surface area contributed by atoms with Crippen LogP contribution < -0.4 is 10.2 Å². The summed E-state index contributed by atoms with van der Waals surface area (Å²) in [6, 6.07) is 0.903. The molecule has 1 saturated heterocycles. The summed E-state index contributed by atoms with van der Waals surface area (Å²) >= 11 is 0. The lowest BCUT2D eigenvalue weighted by molar-refractivity contribution is 0.143. The Labute approximate surface area is 118 Å². The molecule has 1 N–H and O–H groups in total. The number of nitrogens with zero attached hydrogens (tertiary/aromatic N) is 2. The molecule has 1 aliphatic heterocycles. The number of methoxy groups -OCH3 is 1. The van der Waals surface area contributed by atoms with Crippen LogP contribution in [0.1, 0.15) is 19.8 Å². The lowest BCUT2D eigenvalue weighted by Crippen LogP contribution is -2.38. The molecule has 0 saturated carbocycles. The molecule has 0 aromatic carbocycles. The van der Waals surface area contributed by atoms with Crippen molar-refractivity contribution in [1.29, 1.82) is 0 Å². The Morgan fingerprint density at radius 1 is 1.45 bits per heavy atom. The zero-order valence-electron chi connectivity index (χ0n) is 12.0. The van der Waals surface area contributed by atoms with Gasteiger partial charge in [0, 0.05) is 32.8 Å². The SMILES string of the molecule is CCNc1nc(N2CCCC(COC)C2)c(F)cc1F. The molecule has 1 atom stereocenters. The molecule has 6 heteroatoms. The monoisotopic (exact) mass is 285 g/mol. The summed E-state index contributed by atoms with van der Waals surface area (Å²) in [4.78, 5) is 5.98. The van der Waals surface area contributed by atoms with Crippen molar-refractivity contribution in [2.45, 2.75) is 19.8 Å². The summed E-state index contributed by atoms with van der Waals surface area (Å²) in [7, 11) is 1.67. The number of rotatable bonds is 5. The van der Waals surface area contributed by atoms with Crippen LogP contribution in [0, 0.1) is 17.6 Å². The van der Waals surface area contributed by atoms with Crippen LogP contribution in [0.4, 0.5) is 20.4 Å². The molecule has 20 heavy (non-hydrogen) atoms. The molecular weight excluding hydrogens is 264 g/mol. The maximum atomic E-state index is 14.0. The highest BCUT2D eigenvalue weighted by molar-refractivity contribution is 5.49. The Morgan fingerprint density at radius 3 is 2.95 bits per heavy atom. The van der Waals surface area contributed by atoms with Gasteiger partial charge in [-0.1, -0.05) is 0 Å². The Morgan fingerprint density at radius 2 is 2.25 bits per heavy atom. The molecule has 0 amide bonds. The normalized spacial score (nSPS) is 19.2. The van der Waals surface area contributed by atoms with Gasteiger partial charge in [-0.25, -0.2) is 13.8 Å². The molecule has 112 valence electrons.